The normalized spacial score (nSPS) is 11.8. The van der Waals surface area contributed by atoms with Crippen molar-refractivity contribution in [1.82, 2.24) is 0 Å². The van der Waals surface area contributed by atoms with Crippen molar-refractivity contribution in [2.24, 2.45) is 0 Å². The zero-order chi connectivity index (χ0) is 13.8. The molecule has 0 saturated carbocycles. The van der Waals surface area contributed by atoms with Gasteiger partial charge in [-0.3, -0.25) is 14.9 Å². The summed E-state index contributed by atoms with van der Waals surface area (Å²) in [6.45, 7) is 1.83. The molecule has 1 N–H and O–H groups in total. The lowest BCUT2D eigenvalue weighted by Crippen LogP contribution is -2.07. The number of nitro benzene ring substituents is 1. The third-order valence-corrected chi connectivity index (χ3v) is 2.70. The minimum absolute atomic E-state index is 0.136. The Balaban J connectivity index is 2.29. The van der Waals surface area contributed by atoms with Crippen LogP contribution < -0.4 is 5.32 Å². The standard InChI is InChI=1S/C13H12N2O4/c1-9(13-3-2-6-19-13)14-11-5-4-10(8-16)7-12(11)15(17)18/h2-9,14H,1H3. The number of carbonyl (C=O) groups is 1. The number of carbonyl (C=O) groups excluding carboxylic acids is 1. The smallest absolute Gasteiger partial charge is 0.293 e. The largest absolute Gasteiger partial charge is 0.467 e. The molecule has 0 saturated heterocycles. The van der Waals surface area contributed by atoms with E-state index < -0.39 is 4.92 Å². The van der Waals surface area contributed by atoms with Crippen LogP contribution in [0.5, 0.6) is 0 Å². The molecule has 1 unspecified atom stereocenters. The summed E-state index contributed by atoms with van der Waals surface area (Å²) < 4.78 is 5.22. The van der Waals surface area contributed by atoms with Crippen LogP contribution in [0.3, 0.4) is 0 Å². The molecule has 1 aromatic carbocycles. The number of nitro groups is 1. The van der Waals surface area contributed by atoms with Crippen molar-refractivity contribution < 1.29 is 14.1 Å². The topological polar surface area (TPSA) is 85.4 Å². The Morgan fingerprint density at radius 3 is 2.79 bits per heavy atom. The van der Waals surface area contributed by atoms with Crippen molar-refractivity contribution >= 4 is 17.7 Å². The number of anilines is 1. The van der Waals surface area contributed by atoms with Crippen molar-refractivity contribution in [3.05, 3.63) is 58.0 Å². The number of rotatable bonds is 5. The van der Waals surface area contributed by atoms with Gasteiger partial charge in [-0.2, -0.15) is 0 Å². The van der Waals surface area contributed by atoms with Gasteiger partial charge in [0.05, 0.1) is 17.2 Å². The van der Waals surface area contributed by atoms with Crippen LogP contribution >= 0.6 is 0 Å². The average Bonchev–Trinajstić information content (AvgIpc) is 2.92. The van der Waals surface area contributed by atoms with E-state index in [9.17, 15) is 14.9 Å². The van der Waals surface area contributed by atoms with E-state index in [-0.39, 0.29) is 17.3 Å². The van der Waals surface area contributed by atoms with Crippen molar-refractivity contribution in [1.29, 1.82) is 0 Å². The van der Waals surface area contributed by atoms with Crippen LogP contribution in [0.25, 0.3) is 0 Å². The van der Waals surface area contributed by atoms with E-state index in [2.05, 4.69) is 5.32 Å². The van der Waals surface area contributed by atoms with Gasteiger partial charge in [-0.25, -0.2) is 0 Å². The van der Waals surface area contributed by atoms with Crippen molar-refractivity contribution in [3.63, 3.8) is 0 Å². The molecule has 98 valence electrons. The minimum Gasteiger partial charge on any atom is -0.467 e. The third kappa shape index (κ3) is 2.79. The number of nitrogens with one attached hydrogen (secondary N) is 1. The fourth-order valence-corrected chi connectivity index (χ4v) is 1.74. The third-order valence-electron chi connectivity index (χ3n) is 2.70. The molecular formula is C13H12N2O4. The van der Waals surface area contributed by atoms with Crippen LogP contribution in [-0.4, -0.2) is 11.2 Å². The Morgan fingerprint density at radius 1 is 1.42 bits per heavy atom. The van der Waals surface area contributed by atoms with Crippen molar-refractivity contribution in [3.8, 4) is 0 Å². The van der Waals surface area contributed by atoms with Gasteiger partial charge in [-0.05, 0) is 31.2 Å². The summed E-state index contributed by atoms with van der Waals surface area (Å²) in [5.74, 6) is 0.675. The second-order valence-corrected chi connectivity index (χ2v) is 4.03. The van der Waals surface area contributed by atoms with Crippen LogP contribution in [0.2, 0.25) is 0 Å². The highest BCUT2D eigenvalue weighted by Gasteiger charge is 2.17. The van der Waals surface area contributed by atoms with Crippen LogP contribution in [0.1, 0.15) is 29.1 Å². The second kappa shape index (κ2) is 5.34. The molecule has 0 fully saturated rings. The Labute approximate surface area is 109 Å². The molecule has 0 aliphatic rings. The average molecular weight is 260 g/mol. The first-order chi connectivity index (χ1) is 9.11. The number of nitrogens with zero attached hydrogens (tertiary/aromatic N) is 1. The first-order valence-corrected chi connectivity index (χ1v) is 5.65. The second-order valence-electron chi connectivity index (χ2n) is 4.03. The molecule has 19 heavy (non-hydrogen) atoms. The predicted molar refractivity (Wildman–Crippen MR) is 69.2 cm³/mol. The molecule has 0 aliphatic carbocycles. The molecular weight excluding hydrogens is 248 g/mol. The molecule has 0 spiro atoms. The van der Waals surface area contributed by atoms with E-state index >= 15 is 0 Å². The molecule has 1 aromatic heterocycles. The lowest BCUT2D eigenvalue weighted by atomic mass is 10.1. The van der Waals surface area contributed by atoms with E-state index in [4.69, 9.17) is 4.42 Å². The highest BCUT2D eigenvalue weighted by atomic mass is 16.6. The summed E-state index contributed by atoms with van der Waals surface area (Å²) in [7, 11) is 0. The van der Waals surface area contributed by atoms with Crippen molar-refractivity contribution in [2.45, 2.75) is 13.0 Å². The van der Waals surface area contributed by atoms with Crippen LogP contribution in [0, 0.1) is 10.1 Å². The summed E-state index contributed by atoms with van der Waals surface area (Å²) in [4.78, 5) is 21.1. The van der Waals surface area contributed by atoms with Gasteiger partial charge in [0, 0.05) is 11.6 Å². The van der Waals surface area contributed by atoms with Gasteiger partial charge in [0.15, 0.2) is 0 Å². The molecule has 6 heteroatoms. The summed E-state index contributed by atoms with van der Waals surface area (Å²) in [6.07, 6.45) is 2.12. The zero-order valence-electron chi connectivity index (χ0n) is 10.2. The summed E-state index contributed by atoms with van der Waals surface area (Å²) >= 11 is 0. The summed E-state index contributed by atoms with van der Waals surface area (Å²) in [5, 5.41) is 14.0. The maximum Gasteiger partial charge on any atom is 0.293 e. The number of furan rings is 1. The SMILES string of the molecule is CC(Nc1ccc(C=O)cc1[N+](=O)[O-])c1ccco1. The first-order valence-electron chi connectivity index (χ1n) is 5.65. The van der Waals surface area contributed by atoms with E-state index in [0.717, 1.165) is 0 Å². The number of aldehydes is 1. The van der Waals surface area contributed by atoms with Crippen LogP contribution in [-0.2, 0) is 0 Å². The highest BCUT2D eigenvalue weighted by molar-refractivity contribution is 5.79. The fraction of sp³-hybridized carbons (Fsp3) is 0.154. The van der Waals surface area contributed by atoms with E-state index in [1.807, 2.05) is 6.92 Å². The maximum atomic E-state index is 11.0. The molecule has 0 amide bonds. The molecule has 2 aromatic rings. The Bertz CT molecular complexity index is 593. The van der Waals surface area contributed by atoms with Gasteiger partial charge in [0.2, 0.25) is 0 Å². The minimum atomic E-state index is -0.524. The molecule has 0 bridgehead atoms. The molecule has 2 rings (SSSR count). The lowest BCUT2D eigenvalue weighted by molar-refractivity contribution is -0.384. The molecule has 1 heterocycles. The van der Waals surface area contributed by atoms with Crippen molar-refractivity contribution in [2.75, 3.05) is 5.32 Å². The quantitative estimate of drug-likeness (QED) is 0.507. The summed E-state index contributed by atoms with van der Waals surface area (Å²) in [5.41, 5.74) is 0.477. The van der Waals surface area contributed by atoms with Gasteiger partial charge in [0.25, 0.3) is 5.69 Å². The van der Waals surface area contributed by atoms with E-state index in [0.29, 0.717) is 17.7 Å². The Morgan fingerprint density at radius 2 is 2.21 bits per heavy atom. The maximum absolute atomic E-state index is 11.0. The van der Waals surface area contributed by atoms with Gasteiger partial charge >= 0.3 is 0 Å². The highest BCUT2D eigenvalue weighted by Crippen LogP contribution is 2.28. The number of hydrogen-bond acceptors (Lipinski definition) is 5. The van der Waals surface area contributed by atoms with Gasteiger partial charge in [0.1, 0.15) is 17.7 Å². The van der Waals surface area contributed by atoms with Gasteiger partial charge < -0.3 is 9.73 Å². The fourth-order valence-electron chi connectivity index (χ4n) is 1.74. The zero-order valence-corrected chi connectivity index (χ0v) is 10.2. The Hall–Kier alpha value is -2.63. The summed E-state index contributed by atoms with van der Waals surface area (Å²) in [6, 6.07) is 7.60. The van der Waals surface area contributed by atoms with Crippen LogP contribution in [0.4, 0.5) is 11.4 Å². The molecule has 0 aliphatic heterocycles. The first kappa shape index (κ1) is 12.8. The molecule has 0 radical (unpaired) electrons. The Kier molecular flexibility index (Phi) is 3.61. The predicted octanol–water partition coefficient (Wildman–Crippen LogP) is 3.17. The van der Waals surface area contributed by atoms with E-state index in [1.54, 1.807) is 12.1 Å². The lowest BCUT2D eigenvalue weighted by Gasteiger charge is -2.13. The van der Waals surface area contributed by atoms with Gasteiger partial charge in [-0.1, -0.05) is 0 Å². The van der Waals surface area contributed by atoms with E-state index in [1.165, 1.54) is 24.5 Å². The monoisotopic (exact) mass is 260 g/mol. The molecule has 1 atom stereocenters. The number of hydrogen-bond donors (Lipinski definition) is 1. The number of benzene rings is 1. The van der Waals surface area contributed by atoms with Gasteiger partial charge in [-0.15, -0.1) is 0 Å². The van der Waals surface area contributed by atoms with Crippen LogP contribution in [0.15, 0.2) is 41.0 Å². The molecule has 6 nitrogen and oxygen atoms in total.